The molecule has 0 saturated heterocycles. The SMILES string of the molecule is COc1ccc(CNC(=O)c2ccccc2NS(=O)(=O)c2ccc3[nH]c(=O)[nH]c3c2)cc1F. The summed E-state index contributed by atoms with van der Waals surface area (Å²) < 4.78 is 47.0. The molecule has 1 aromatic heterocycles. The Balaban J connectivity index is 1.54. The van der Waals surface area contributed by atoms with E-state index in [1.54, 1.807) is 18.2 Å². The molecule has 1 amide bonds. The van der Waals surface area contributed by atoms with E-state index in [9.17, 15) is 22.4 Å². The second kappa shape index (κ2) is 8.79. The van der Waals surface area contributed by atoms with Crippen molar-refractivity contribution in [3.05, 3.63) is 88.1 Å². The molecule has 0 unspecified atom stereocenters. The van der Waals surface area contributed by atoms with Gasteiger partial charge in [-0.2, -0.15) is 0 Å². The summed E-state index contributed by atoms with van der Waals surface area (Å²) >= 11 is 0. The van der Waals surface area contributed by atoms with Gasteiger partial charge in [0.25, 0.3) is 15.9 Å². The van der Waals surface area contributed by atoms with E-state index >= 15 is 0 Å². The maximum atomic E-state index is 13.9. The first-order valence-electron chi connectivity index (χ1n) is 9.71. The van der Waals surface area contributed by atoms with Crippen LogP contribution in [0.5, 0.6) is 5.75 Å². The summed E-state index contributed by atoms with van der Waals surface area (Å²) in [5.74, 6) is -1.01. The summed E-state index contributed by atoms with van der Waals surface area (Å²) in [5.41, 5.74) is 1.01. The Kier molecular flexibility index (Phi) is 5.88. The molecule has 9 nitrogen and oxygen atoms in total. The highest BCUT2D eigenvalue weighted by Gasteiger charge is 2.19. The lowest BCUT2D eigenvalue weighted by Crippen LogP contribution is -2.25. The predicted octanol–water partition coefficient (Wildman–Crippen LogP) is 2.73. The molecule has 170 valence electrons. The van der Waals surface area contributed by atoms with Crippen molar-refractivity contribution in [2.45, 2.75) is 11.4 Å². The van der Waals surface area contributed by atoms with E-state index in [2.05, 4.69) is 20.0 Å². The van der Waals surface area contributed by atoms with Crippen molar-refractivity contribution < 1.29 is 22.3 Å². The van der Waals surface area contributed by atoms with Gasteiger partial charge in [-0.25, -0.2) is 17.6 Å². The molecule has 4 N–H and O–H groups in total. The number of ether oxygens (including phenoxy) is 1. The molecule has 0 saturated carbocycles. The van der Waals surface area contributed by atoms with Crippen LogP contribution < -0.4 is 20.5 Å². The number of rotatable bonds is 7. The zero-order chi connectivity index (χ0) is 23.6. The second-order valence-electron chi connectivity index (χ2n) is 7.09. The lowest BCUT2D eigenvalue weighted by Gasteiger charge is -2.13. The molecule has 0 spiro atoms. The topological polar surface area (TPSA) is 133 Å². The van der Waals surface area contributed by atoms with Crippen LogP contribution in [0.4, 0.5) is 10.1 Å². The van der Waals surface area contributed by atoms with Gasteiger partial charge in [-0.05, 0) is 48.0 Å². The van der Waals surface area contributed by atoms with Gasteiger partial charge < -0.3 is 20.0 Å². The number of sulfonamides is 1. The first-order valence-corrected chi connectivity index (χ1v) is 11.2. The standard InChI is InChI=1S/C22H19FN4O5S/c1-32-20-9-6-13(10-16(20)23)12-24-21(28)15-4-2-3-5-17(15)27-33(30,31)14-7-8-18-19(11-14)26-22(29)25-18/h2-11,27H,12H2,1H3,(H,24,28)(H2,25,26,29). The summed E-state index contributed by atoms with van der Waals surface area (Å²) in [5, 5.41) is 2.65. The van der Waals surface area contributed by atoms with Crippen molar-refractivity contribution in [3.63, 3.8) is 0 Å². The fraction of sp³-hybridized carbons (Fsp3) is 0.0909. The molecule has 3 aromatic carbocycles. The van der Waals surface area contributed by atoms with Gasteiger partial charge in [0.15, 0.2) is 11.6 Å². The van der Waals surface area contributed by atoms with Crippen LogP contribution in [0.15, 0.2) is 70.4 Å². The Morgan fingerprint density at radius 1 is 1.03 bits per heavy atom. The predicted molar refractivity (Wildman–Crippen MR) is 120 cm³/mol. The molecule has 0 radical (unpaired) electrons. The maximum absolute atomic E-state index is 13.9. The molecule has 4 aromatic rings. The van der Waals surface area contributed by atoms with Crippen molar-refractivity contribution >= 4 is 32.7 Å². The molecule has 0 fully saturated rings. The monoisotopic (exact) mass is 470 g/mol. The van der Waals surface area contributed by atoms with E-state index in [1.165, 1.54) is 49.6 Å². The molecule has 0 aliphatic heterocycles. The Hall–Kier alpha value is -4.12. The number of anilines is 1. The number of aromatic nitrogens is 2. The average molecular weight is 470 g/mol. The van der Waals surface area contributed by atoms with Gasteiger partial charge in [-0.3, -0.25) is 9.52 Å². The van der Waals surface area contributed by atoms with Crippen molar-refractivity contribution in [2.24, 2.45) is 0 Å². The Labute approximate surface area is 187 Å². The van der Waals surface area contributed by atoms with E-state index < -0.39 is 27.4 Å². The fourth-order valence-corrected chi connectivity index (χ4v) is 4.36. The first kappa shape index (κ1) is 22.1. The van der Waals surface area contributed by atoms with E-state index in [0.717, 1.165) is 0 Å². The molecular weight excluding hydrogens is 451 g/mol. The minimum atomic E-state index is -4.06. The highest BCUT2D eigenvalue weighted by molar-refractivity contribution is 7.92. The molecule has 1 heterocycles. The number of H-pyrrole nitrogens is 2. The number of para-hydroxylation sites is 1. The van der Waals surface area contributed by atoms with E-state index in [4.69, 9.17) is 4.74 Å². The number of imidazole rings is 1. The molecule has 0 aliphatic rings. The average Bonchev–Trinajstić information content (AvgIpc) is 3.17. The fourth-order valence-electron chi connectivity index (χ4n) is 3.25. The van der Waals surface area contributed by atoms with Gasteiger partial charge in [0, 0.05) is 6.54 Å². The highest BCUT2D eigenvalue weighted by atomic mass is 32.2. The Morgan fingerprint density at radius 3 is 2.55 bits per heavy atom. The molecule has 0 aliphatic carbocycles. The van der Waals surface area contributed by atoms with Gasteiger partial charge >= 0.3 is 5.69 Å². The number of carbonyl (C=O) groups excluding carboxylic acids is 1. The molecular formula is C22H19FN4O5S. The van der Waals surface area contributed by atoms with Crippen molar-refractivity contribution in [1.29, 1.82) is 0 Å². The van der Waals surface area contributed by atoms with Crippen LogP contribution >= 0.6 is 0 Å². The van der Waals surface area contributed by atoms with Crippen LogP contribution in [0.3, 0.4) is 0 Å². The third-order valence-corrected chi connectivity index (χ3v) is 6.25. The molecule has 0 bridgehead atoms. The number of benzene rings is 3. The van der Waals surface area contributed by atoms with Crippen LogP contribution in [0, 0.1) is 5.82 Å². The third-order valence-electron chi connectivity index (χ3n) is 4.88. The van der Waals surface area contributed by atoms with E-state index in [1.807, 2.05) is 0 Å². The van der Waals surface area contributed by atoms with Crippen LogP contribution in [0.1, 0.15) is 15.9 Å². The zero-order valence-corrected chi connectivity index (χ0v) is 18.1. The summed E-state index contributed by atoms with van der Waals surface area (Å²) in [6, 6.07) is 14.5. The number of aromatic amines is 2. The number of carbonyl (C=O) groups is 1. The van der Waals surface area contributed by atoms with Crippen molar-refractivity contribution in [3.8, 4) is 5.75 Å². The first-order chi connectivity index (χ1) is 15.8. The van der Waals surface area contributed by atoms with Crippen molar-refractivity contribution in [1.82, 2.24) is 15.3 Å². The summed E-state index contributed by atoms with van der Waals surface area (Å²) in [7, 11) is -2.71. The van der Waals surface area contributed by atoms with Crippen LogP contribution in [0.2, 0.25) is 0 Å². The lowest BCUT2D eigenvalue weighted by atomic mass is 10.1. The molecule has 4 rings (SSSR count). The number of methoxy groups -OCH3 is 1. The normalized spacial score (nSPS) is 11.3. The summed E-state index contributed by atoms with van der Waals surface area (Å²) in [4.78, 5) is 29.1. The van der Waals surface area contributed by atoms with Crippen LogP contribution in [-0.2, 0) is 16.6 Å². The quantitative estimate of drug-likeness (QED) is 0.330. The van der Waals surface area contributed by atoms with Gasteiger partial charge in [0.2, 0.25) is 0 Å². The number of amides is 1. The lowest BCUT2D eigenvalue weighted by molar-refractivity contribution is 0.0951. The smallest absolute Gasteiger partial charge is 0.323 e. The van der Waals surface area contributed by atoms with Crippen LogP contribution in [0.25, 0.3) is 11.0 Å². The summed E-state index contributed by atoms with van der Waals surface area (Å²) in [6.45, 7) is 0.0261. The van der Waals surface area contributed by atoms with E-state index in [-0.39, 0.29) is 28.4 Å². The number of nitrogens with one attached hydrogen (secondary N) is 4. The zero-order valence-electron chi connectivity index (χ0n) is 17.3. The Bertz CT molecular complexity index is 1510. The second-order valence-corrected chi connectivity index (χ2v) is 8.77. The number of hydrogen-bond donors (Lipinski definition) is 4. The van der Waals surface area contributed by atoms with Gasteiger partial charge in [-0.1, -0.05) is 18.2 Å². The number of fused-ring (bicyclic) bond motifs is 1. The molecule has 33 heavy (non-hydrogen) atoms. The highest BCUT2D eigenvalue weighted by Crippen LogP contribution is 2.22. The minimum absolute atomic E-state index is 0.0261. The van der Waals surface area contributed by atoms with E-state index in [0.29, 0.717) is 16.6 Å². The Morgan fingerprint density at radius 2 is 1.79 bits per heavy atom. The third kappa shape index (κ3) is 4.72. The molecule has 11 heteroatoms. The molecule has 0 atom stereocenters. The minimum Gasteiger partial charge on any atom is -0.494 e. The number of hydrogen-bond acceptors (Lipinski definition) is 5. The van der Waals surface area contributed by atoms with Gasteiger partial charge in [-0.15, -0.1) is 0 Å². The number of halogens is 1. The van der Waals surface area contributed by atoms with Gasteiger partial charge in [0.1, 0.15) is 0 Å². The largest absolute Gasteiger partial charge is 0.494 e. The van der Waals surface area contributed by atoms with Crippen molar-refractivity contribution in [2.75, 3.05) is 11.8 Å². The summed E-state index contributed by atoms with van der Waals surface area (Å²) in [6.07, 6.45) is 0. The maximum Gasteiger partial charge on any atom is 0.323 e. The van der Waals surface area contributed by atoms with Crippen LogP contribution in [-0.4, -0.2) is 31.4 Å². The van der Waals surface area contributed by atoms with Gasteiger partial charge in [0.05, 0.1) is 34.3 Å².